The van der Waals surface area contributed by atoms with E-state index in [1.165, 1.54) is 0 Å². The van der Waals surface area contributed by atoms with Crippen LogP contribution < -0.4 is 5.32 Å². The Balaban J connectivity index is 3.08. The average Bonchev–Trinajstić information content (AvgIpc) is 1.98. The van der Waals surface area contributed by atoms with Gasteiger partial charge in [-0.05, 0) is 13.0 Å². The van der Waals surface area contributed by atoms with Crippen LogP contribution in [-0.4, -0.2) is 38.6 Å². The number of ether oxygens (including phenoxy) is 1. The second-order valence-electron chi connectivity index (χ2n) is 2.44. The van der Waals surface area contributed by atoms with Crippen LogP contribution in [0, 0.1) is 0 Å². The van der Waals surface area contributed by atoms with E-state index in [9.17, 15) is 8.78 Å². The van der Waals surface area contributed by atoms with Gasteiger partial charge < -0.3 is 10.1 Å². The quantitative estimate of drug-likeness (QED) is 0.498. The number of nitrogens with one attached hydrogen (secondary N) is 1. The first-order chi connectivity index (χ1) is 5.66. The summed E-state index contributed by atoms with van der Waals surface area (Å²) in [5.74, 6) is 0. The number of methoxy groups -OCH3 is 1. The van der Waals surface area contributed by atoms with Crippen LogP contribution in [0.15, 0.2) is 0 Å². The molecule has 1 unspecified atom stereocenters. The molecule has 0 aromatic rings. The van der Waals surface area contributed by atoms with Crippen LogP contribution in [0.2, 0.25) is 0 Å². The molecule has 0 spiro atoms. The minimum atomic E-state index is -2.29. The summed E-state index contributed by atoms with van der Waals surface area (Å²) in [6, 6.07) is 0. The third-order valence-electron chi connectivity index (χ3n) is 1.28. The number of rotatable bonds is 7. The van der Waals surface area contributed by atoms with Gasteiger partial charge in [0.2, 0.25) is 0 Å². The standard InChI is InChI=1S/C7H14ClF2NO/c1-12-5-6(8)2-3-11-4-7(9)10/h6-7,11H,2-5H2,1H3. The van der Waals surface area contributed by atoms with E-state index in [0.717, 1.165) is 0 Å². The van der Waals surface area contributed by atoms with E-state index in [4.69, 9.17) is 16.3 Å². The fraction of sp³-hybridized carbons (Fsp3) is 1.00. The van der Waals surface area contributed by atoms with Crippen LogP contribution in [0.3, 0.4) is 0 Å². The van der Waals surface area contributed by atoms with Crippen LogP contribution in [0.5, 0.6) is 0 Å². The SMILES string of the molecule is COCC(Cl)CCNCC(F)F. The van der Waals surface area contributed by atoms with E-state index >= 15 is 0 Å². The zero-order chi connectivity index (χ0) is 9.40. The third kappa shape index (κ3) is 8.17. The molecule has 0 aromatic carbocycles. The van der Waals surface area contributed by atoms with E-state index in [0.29, 0.717) is 19.6 Å². The van der Waals surface area contributed by atoms with Gasteiger partial charge in [-0.15, -0.1) is 11.6 Å². The van der Waals surface area contributed by atoms with E-state index in [1.807, 2.05) is 0 Å². The van der Waals surface area contributed by atoms with E-state index in [1.54, 1.807) is 7.11 Å². The van der Waals surface area contributed by atoms with Crippen molar-refractivity contribution < 1.29 is 13.5 Å². The number of hydrogen-bond acceptors (Lipinski definition) is 2. The molecule has 12 heavy (non-hydrogen) atoms. The Morgan fingerprint density at radius 3 is 2.67 bits per heavy atom. The van der Waals surface area contributed by atoms with Crippen molar-refractivity contribution in [1.29, 1.82) is 0 Å². The highest BCUT2D eigenvalue weighted by atomic mass is 35.5. The molecular formula is C7H14ClF2NO. The normalized spacial score (nSPS) is 13.8. The predicted molar refractivity (Wildman–Crippen MR) is 45.0 cm³/mol. The Bertz CT molecular complexity index is 105. The van der Waals surface area contributed by atoms with Crippen molar-refractivity contribution in [2.75, 3.05) is 26.8 Å². The molecule has 1 N–H and O–H groups in total. The second kappa shape index (κ2) is 7.71. The monoisotopic (exact) mass is 201 g/mol. The van der Waals surface area contributed by atoms with Gasteiger partial charge in [-0.25, -0.2) is 8.78 Å². The third-order valence-corrected chi connectivity index (χ3v) is 1.62. The van der Waals surface area contributed by atoms with Crippen LogP contribution in [0.1, 0.15) is 6.42 Å². The largest absolute Gasteiger partial charge is 0.383 e. The second-order valence-corrected chi connectivity index (χ2v) is 3.05. The minimum Gasteiger partial charge on any atom is -0.383 e. The molecule has 5 heteroatoms. The molecule has 0 radical (unpaired) electrons. The van der Waals surface area contributed by atoms with Crippen molar-refractivity contribution in [1.82, 2.24) is 5.32 Å². The summed E-state index contributed by atoms with van der Waals surface area (Å²) in [5.41, 5.74) is 0. The van der Waals surface area contributed by atoms with Crippen LogP contribution in [-0.2, 0) is 4.74 Å². The van der Waals surface area contributed by atoms with Gasteiger partial charge in [0.1, 0.15) is 0 Å². The Labute approximate surface area is 76.2 Å². The average molecular weight is 202 g/mol. The van der Waals surface area contributed by atoms with Crippen molar-refractivity contribution in [2.45, 2.75) is 18.2 Å². The molecule has 0 fully saturated rings. The van der Waals surface area contributed by atoms with Crippen molar-refractivity contribution in [3.05, 3.63) is 0 Å². The molecule has 0 heterocycles. The van der Waals surface area contributed by atoms with Crippen molar-refractivity contribution in [2.24, 2.45) is 0 Å². The van der Waals surface area contributed by atoms with E-state index in [-0.39, 0.29) is 11.9 Å². The molecule has 0 saturated heterocycles. The molecule has 0 bridgehead atoms. The van der Waals surface area contributed by atoms with Gasteiger partial charge in [0, 0.05) is 7.11 Å². The maximum absolute atomic E-state index is 11.6. The Morgan fingerprint density at radius 2 is 2.17 bits per heavy atom. The molecule has 0 aliphatic rings. The van der Waals surface area contributed by atoms with Gasteiger partial charge >= 0.3 is 0 Å². The molecule has 74 valence electrons. The molecule has 0 aliphatic carbocycles. The van der Waals surface area contributed by atoms with Gasteiger partial charge in [0.05, 0.1) is 18.5 Å². The fourth-order valence-corrected chi connectivity index (χ4v) is 0.969. The van der Waals surface area contributed by atoms with Gasteiger partial charge in [0.15, 0.2) is 0 Å². The molecule has 0 amide bonds. The highest BCUT2D eigenvalue weighted by molar-refractivity contribution is 6.20. The predicted octanol–water partition coefficient (Wildman–Crippen LogP) is 1.49. The molecule has 0 aromatic heterocycles. The fourth-order valence-electron chi connectivity index (χ4n) is 0.734. The van der Waals surface area contributed by atoms with Gasteiger partial charge in [0.25, 0.3) is 6.43 Å². The van der Waals surface area contributed by atoms with Gasteiger partial charge in [-0.3, -0.25) is 0 Å². The molecule has 2 nitrogen and oxygen atoms in total. The summed E-state index contributed by atoms with van der Waals surface area (Å²) < 4.78 is 27.9. The summed E-state index contributed by atoms with van der Waals surface area (Å²) >= 11 is 5.74. The zero-order valence-electron chi connectivity index (χ0n) is 7.03. The molecule has 0 aliphatic heterocycles. The highest BCUT2D eigenvalue weighted by Crippen LogP contribution is 2.00. The van der Waals surface area contributed by atoms with E-state index < -0.39 is 6.43 Å². The first-order valence-corrected chi connectivity index (χ1v) is 4.22. The summed E-state index contributed by atoms with van der Waals surface area (Å²) in [6.45, 7) is 0.691. The maximum atomic E-state index is 11.6. The summed E-state index contributed by atoms with van der Waals surface area (Å²) in [7, 11) is 1.56. The lowest BCUT2D eigenvalue weighted by Crippen LogP contribution is -2.25. The minimum absolute atomic E-state index is 0.0971. The lowest BCUT2D eigenvalue weighted by Gasteiger charge is -2.08. The smallest absolute Gasteiger partial charge is 0.250 e. The molecule has 0 saturated carbocycles. The maximum Gasteiger partial charge on any atom is 0.250 e. The lowest BCUT2D eigenvalue weighted by atomic mass is 10.3. The van der Waals surface area contributed by atoms with Crippen LogP contribution in [0.25, 0.3) is 0 Å². The molecular weight excluding hydrogens is 188 g/mol. The first-order valence-electron chi connectivity index (χ1n) is 3.78. The van der Waals surface area contributed by atoms with Crippen molar-refractivity contribution >= 4 is 11.6 Å². The lowest BCUT2D eigenvalue weighted by molar-refractivity contribution is 0.145. The van der Waals surface area contributed by atoms with Crippen LogP contribution >= 0.6 is 11.6 Å². The molecule has 1 atom stereocenters. The van der Waals surface area contributed by atoms with Gasteiger partial charge in [-0.1, -0.05) is 0 Å². The Hall–Kier alpha value is 0.0700. The zero-order valence-corrected chi connectivity index (χ0v) is 7.78. The Morgan fingerprint density at radius 1 is 1.50 bits per heavy atom. The van der Waals surface area contributed by atoms with Crippen LogP contribution in [0.4, 0.5) is 8.78 Å². The number of alkyl halides is 3. The number of hydrogen-bond donors (Lipinski definition) is 1. The van der Waals surface area contributed by atoms with Gasteiger partial charge in [-0.2, -0.15) is 0 Å². The van der Waals surface area contributed by atoms with Crippen molar-refractivity contribution in [3.63, 3.8) is 0 Å². The molecule has 0 rings (SSSR count). The first kappa shape index (κ1) is 12.1. The number of halogens is 3. The summed E-state index contributed by atoms with van der Waals surface area (Å²) in [4.78, 5) is 0. The summed E-state index contributed by atoms with van der Waals surface area (Å²) in [6.07, 6.45) is -1.65. The summed E-state index contributed by atoms with van der Waals surface area (Å²) in [5, 5.41) is 2.49. The Kier molecular flexibility index (Phi) is 7.75. The topological polar surface area (TPSA) is 21.3 Å². The van der Waals surface area contributed by atoms with Crippen molar-refractivity contribution in [3.8, 4) is 0 Å². The van der Waals surface area contributed by atoms with E-state index in [2.05, 4.69) is 5.32 Å². The highest BCUT2D eigenvalue weighted by Gasteiger charge is 2.04.